The zero-order valence-corrected chi connectivity index (χ0v) is 14.1. The number of esters is 1. The van der Waals surface area contributed by atoms with Crippen LogP contribution in [0, 0.1) is 0 Å². The van der Waals surface area contributed by atoms with Crippen molar-refractivity contribution >= 4 is 5.97 Å². The second-order valence-corrected chi connectivity index (χ2v) is 6.34. The van der Waals surface area contributed by atoms with Gasteiger partial charge in [-0.25, -0.2) is 0 Å². The first-order valence-corrected chi connectivity index (χ1v) is 8.57. The molecule has 0 bridgehead atoms. The SMILES string of the molecule is CCCNC(C)(CCCCOC1CCCCC1)C(=O)OC. The van der Waals surface area contributed by atoms with Gasteiger partial charge in [0.1, 0.15) is 5.54 Å². The molecule has 1 rings (SSSR count). The van der Waals surface area contributed by atoms with E-state index in [-0.39, 0.29) is 5.97 Å². The number of ether oxygens (including phenoxy) is 2. The molecular weight excluding hydrogens is 266 g/mol. The first-order valence-electron chi connectivity index (χ1n) is 8.57. The van der Waals surface area contributed by atoms with Gasteiger partial charge in [0.2, 0.25) is 0 Å². The maximum absolute atomic E-state index is 11.9. The Labute approximate surface area is 130 Å². The van der Waals surface area contributed by atoms with Crippen LogP contribution in [0.5, 0.6) is 0 Å². The lowest BCUT2D eigenvalue weighted by atomic mass is 9.94. The van der Waals surface area contributed by atoms with Crippen LogP contribution in [0.25, 0.3) is 0 Å². The third kappa shape index (κ3) is 6.79. The molecule has 21 heavy (non-hydrogen) atoms. The maximum atomic E-state index is 11.9. The number of methoxy groups -OCH3 is 1. The third-order valence-electron chi connectivity index (χ3n) is 4.38. The second kappa shape index (κ2) is 10.2. The molecule has 0 spiro atoms. The van der Waals surface area contributed by atoms with Crippen LogP contribution in [0.15, 0.2) is 0 Å². The van der Waals surface area contributed by atoms with Crippen LogP contribution in [0.1, 0.15) is 71.6 Å². The molecule has 1 aliphatic rings. The van der Waals surface area contributed by atoms with Gasteiger partial charge in [0.05, 0.1) is 13.2 Å². The Balaban J connectivity index is 2.21. The average Bonchev–Trinajstić information content (AvgIpc) is 2.52. The zero-order valence-electron chi connectivity index (χ0n) is 14.1. The number of carbonyl (C=O) groups is 1. The maximum Gasteiger partial charge on any atom is 0.325 e. The number of hydrogen-bond donors (Lipinski definition) is 1. The Kier molecular flexibility index (Phi) is 8.93. The van der Waals surface area contributed by atoms with E-state index >= 15 is 0 Å². The van der Waals surface area contributed by atoms with E-state index in [1.54, 1.807) is 0 Å². The van der Waals surface area contributed by atoms with Crippen LogP contribution < -0.4 is 5.32 Å². The Morgan fingerprint density at radius 3 is 2.57 bits per heavy atom. The van der Waals surface area contributed by atoms with E-state index in [1.807, 2.05) is 6.92 Å². The summed E-state index contributed by atoms with van der Waals surface area (Å²) in [6.07, 6.45) is 10.7. The summed E-state index contributed by atoms with van der Waals surface area (Å²) in [5, 5.41) is 3.32. The Morgan fingerprint density at radius 2 is 1.95 bits per heavy atom. The first-order chi connectivity index (χ1) is 10.1. The van der Waals surface area contributed by atoms with Crippen LogP contribution in [0.3, 0.4) is 0 Å². The predicted octanol–water partition coefficient (Wildman–Crippen LogP) is 3.44. The van der Waals surface area contributed by atoms with Gasteiger partial charge in [0.15, 0.2) is 0 Å². The van der Waals surface area contributed by atoms with Gasteiger partial charge in [-0.2, -0.15) is 0 Å². The van der Waals surface area contributed by atoms with Crippen LogP contribution in [0.4, 0.5) is 0 Å². The molecule has 0 aromatic heterocycles. The molecule has 0 aliphatic heterocycles. The fraction of sp³-hybridized carbons (Fsp3) is 0.941. The van der Waals surface area contributed by atoms with Crippen molar-refractivity contribution in [3.05, 3.63) is 0 Å². The van der Waals surface area contributed by atoms with Gasteiger partial charge in [0, 0.05) is 6.61 Å². The van der Waals surface area contributed by atoms with Crippen molar-refractivity contribution in [1.82, 2.24) is 5.32 Å². The summed E-state index contributed by atoms with van der Waals surface area (Å²) in [7, 11) is 1.46. The molecule has 124 valence electrons. The van der Waals surface area contributed by atoms with Crippen molar-refractivity contribution in [2.45, 2.75) is 83.3 Å². The Bertz CT molecular complexity index is 290. The fourth-order valence-electron chi connectivity index (χ4n) is 2.95. The lowest BCUT2D eigenvalue weighted by Crippen LogP contribution is -2.50. The summed E-state index contributed by atoms with van der Waals surface area (Å²) < 4.78 is 10.9. The highest BCUT2D eigenvalue weighted by molar-refractivity contribution is 5.80. The van der Waals surface area contributed by atoms with Crippen LogP contribution in [-0.2, 0) is 14.3 Å². The zero-order chi connectivity index (χ0) is 15.6. The number of carbonyl (C=O) groups excluding carboxylic acids is 1. The van der Waals surface area contributed by atoms with Gasteiger partial charge in [-0.05, 0) is 52.0 Å². The Morgan fingerprint density at radius 1 is 1.24 bits per heavy atom. The molecule has 0 amide bonds. The highest BCUT2D eigenvalue weighted by Crippen LogP contribution is 2.21. The highest BCUT2D eigenvalue weighted by Gasteiger charge is 2.32. The van der Waals surface area contributed by atoms with Crippen LogP contribution >= 0.6 is 0 Å². The van der Waals surface area contributed by atoms with Crippen LogP contribution in [0.2, 0.25) is 0 Å². The molecule has 1 saturated carbocycles. The van der Waals surface area contributed by atoms with Crippen molar-refractivity contribution in [1.29, 1.82) is 0 Å². The van der Waals surface area contributed by atoms with E-state index in [2.05, 4.69) is 12.2 Å². The van der Waals surface area contributed by atoms with Crippen molar-refractivity contribution < 1.29 is 14.3 Å². The first kappa shape index (κ1) is 18.4. The normalized spacial score (nSPS) is 19.2. The number of unbranched alkanes of at least 4 members (excludes halogenated alkanes) is 1. The monoisotopic (exact) mass is 299 g/mol. The molecule has 0 aromatic rings. The smallest absolute Gasteiger partial charge is 0.325 e. The summed E-state index contributed by atoms with van der Waals surface area (Å²) >= 11 is 0. The molecule has 1 aliphatic carbocycles. The number of hydrogen-bond acceptors (Lipinski definition) is 4. The molecule has 1 unspecified atom stereocenters. The van der Waals surface area contributed by atoms with Crippen molar-refractivity contribution in [3.63, 3.8) is 0 Å². The second-order valence-electron chi connectivity index (χ2n) is 6.34. The number of nitrogens with one attached hydrogen (secondary N) is 1. The minimum atomic E-state index is -0.560. The average molecular weight is 299 g/mol. The van der Waals surface area contributed by atoms with Gasteiger partial charge in [-0.3, -0.25) is 4.79 Å². The summed E-state index contributed by atoms with van der Waals surface area (Å²) in [6.45, 7) is 5.69. The van der Waals surface area contributed by atoms with Gasteiger partial charge >= 0.3 is 5.97 Å². The van der Waals surface area contributed by atoms with Crippen molar-refractivity contribution in [2.24, 2.45) is 0 Å². The van der Waals surface area contributed by atoms with Crippen molar-refractivity contribution in [2.75, 3.05) is 20.3 Å². The largest absolute Gasteiger partial charge is 0.468 e. The molecular formula is C17H33NO3. The molecule has 0 saturated heterocycles. The van der Waals surface area contributed by atoms with E-state index < -0.39 is 5.54 Å². The molecule has 0 heterocycles. The minimum absolute atomic E-state index is 0.163. The molecule has 1 atom stereocenters. The van der Waals surface area contributed by atoms with E-state index in [1.165, 1.54) is 39.2 Å². The highest BCUT2D eigenvalue weighted by atomic mass is 16.5. The fourth-order valence-corrected chi connectivity index (χ4v) is 2.95. The van der Waals surface area contributed by atoms with Crippen molar-refractivity contribution in [3.8, 4) is 0 Å². The minimum Gasteiger partial charge on any atom is -0.468 e. The summed E-state index contributed by atoms with van der Waals surface area (Å²) in [5.41, 5.74) is -0.560. The predicted molar refractivity (Wildman–Crippen MR) is 85.4 cm³/mol. The van der Waals surface area contributed by atoms with E-state index in [9.17, 15) is 4.79 Å². The molecule has 4 nitrogen and oxygen atoms in total. The molecule has 4 heteroatoms. The molecule has 1 fully saturated rings. The quantitative estimate of drug-likeness (QED) is 0.496. The summed E-state index contributed by atoms with van der Waals surface area (Å²) in [6, 6.07) is 0. The van der Waals surface area contributed by atoms with Crippen LogP contribution in [-0.4, -0.2) is 37.9 Å². The topological polar surface area (TPSA) is 47.6 Å². The lowest BCUT2D eigenvalue weighted by molar-refractivity contribution is -0.148. The Hall–Kier alpha value is -0.610. The van der Waals surface area contributed by atoms with E-state index in [0.29, 0.717) is 6.10 Å². The van der Waals surface area contributed by atoms with Gasteiger partial charge in [-0.15, -0.1) is 0 Å². The third-order valence-corrected chi connectivity index (χ3v) is 4.38. The van der Waals surface area contributed by atoms with E-state index in [4.69, 9.17) is 9.47 Å². The van der Waals surface area contributed by atoms with Gasteiger partial charge < -0.3 is 14.8 Å². The lowest BCUT2D eigenvalue weighted by Gasteiger charge is -2.28. The summed E-state index contributed by atoms with van der Waals surface area (Å²) in [5.74, 6) is -0.163. The van der Waals surface area contributed by atoms with E-state index in [0.717, 1.165) is 38.8 Å². The van der Waals surface area contributed by atoms with Gasteiger partial charge in [-0.1, -0.05) is 26.2 Å². The molecule has 0 aromatic carbocycles. The summed E-state index contributed by atoms with van der Waals surface area (Å²) in [4.78, 5) is 11.9. The molecule has 0 radical (unpaired) electrons. The van der Waals surface area contributed by atoms with Gasteiger partial charge in [0.25, 0.3) is 0 Å². The standard InChI is InChI=1S/C17H33NO3/c1-4-13-18-17(2,16(19)20-3)12-8-9-14-21-15-10-6-5-7-11-15/h15,18H,4-14H2,1-3H3. The number of rotatable bonds is 10. The molecule has 1 N–H and O–H groups in total.